The smallest absolute Gasteiger partial charge is 0.133 e. The number of halogens is 1. The molecule has 2 rings (SSSR count). The van der Waals surface area contributed by atoms with Gasteiger partial charge in [-0.15, -0.1) is 0 Å². The van der Waals surface area contributed by atoms with Gasteiger partial charge in [0.05, 0.1) is 11.1 Å². The first kappa shape index (κ1) is 11.7. The number of ether oxygens (including phenoxy) is 1. The lowest BCUT2D eigenvalue weighted by atomic mass is 10.2. The van der Waals surface area contributed by atoms with Gasteiger partial charge in [-0.3, -0.25) is 0 Å². The van der Waals surface area contributed by atoms with Crippen LogP contribution in [0.3, 0.4) is 0 Å². The molecule has 84 valence electrons. The lowest BCUT2D eigenvalue weighted by molar-refractivity contribution is 0.320. The highest BCUT2D eigenvalue weighted by Gasteiger charge is 2.01. The summed E-state index contributed by atoms with van der Waals surface area (Å²) in [6, 6.07) is 8.27. The zero-order valence-corrected chi connectivity index (χ0v) is 11.5. The van der Waals surface area contributed by atoms with Crippen LogP contribution in [0.5, 0.6) is 5.75 Å². The first-order valence-corrected chi connectivity index (χ1v) is 6.89. The maximum absolute atomic E-state index is 5.72. The Hall–Kier alpha value is -0.800. The molecule has 1 aromatic carbocycles. The third kappa shape index (κ3) is 3.09. The van der Waals surface area contributed by atoms with Crippen molar-refractivity contribution in [1.29, 1.82) is 0 Å². The molecule has 1 nitrogen and oxygen atoms in total. The molecule has 1 aromatic heterocycles. The van der Waals surface area contributed by atoms with Crippen LogP contribution < -0.4 is 4.74 Å². The highest BCUT2D eigenvalue weighted by atomic mass is 79.9. The Morgan fingerprint density at radius 1 is 1.31 bits per heavy atom. The van der Waals surface area contributed by atoms with Crippen LogP contribution in [0.2, 0.25) is 0 Å². The quantitative estimate of drug-likeness (QED) is 0.810. The van der Waals surface area contributed by atoms with Crippen molar-refractivity contribution in [3.05, 3.63) is 50.6 Å². The van der Waals surface area contributed by atoms with Crippen LogP contribution >= 0.6 is 27.3 Å². The van der Waals surface area contributed by atoms with Crippen molar-refractivity contribution in [1.82, 2.24) is 0 Å². The lowest BCUT2D eigenvalue weighted by Crippen LogP contribution is -2.00. The van der Waals surface area contributed by atoms with Crippen LogP contribution in [0.4, 0.5) is 0 Å². The van der Waals surface area contributed by atoms with Gasteiger partial charge in [0.15, 0.2) is 0 Å². The zero-order valence-electron chi connectivity index (χ0n) is 9.07. The zero-order chi connectivity index (χ0) is 11.4. The van der Waals surface area contributed by atoms with Crippen LogP contribution in [0.1, 0.15) is 11.1 Å². The van der Waals surface area contributed by atoms with E-state index in [1.807, 2.05) is 6.07 Å². The topological polar surface area (TPSA) is 9.23 Å². The molecule has 0 aliphatic heterocycles. The Balaban J connectivity index is 1.90. The van der Waals surface area contributed by atoms with Crippen LogP contribution in [-0.2, 0) is 6.42 Å². The fraction of sp³-hybridized carbons (Fsp3) is 0.231. The van der Waals surface area contributed by atoms with Crippen molar-refractivity contribution < 1.29 is 4.74 Å². The lowest BCUT2D eigenvalue weighted by Gasteiger charge is -2.08. The molecule has 0 aliphatic carbocycles. The predicted octanol–water partition coefficient (Wildman–Crippen LogP) is 4.44. The van der Waals surface area contributed by atoms with Crippen molar-refractivity contribution in [2.24, 2.45) is 0 Å². The van der Waals surface area contributed by atoms with Gasteiger partial charge in [-0.2, -0.15) is 11.3 Å². The second kappa shape index (κ2) is 5.51. The predicted molar refractivity (Wildman–Crippen MR) is 72.4 cm³/mol. The fourth-order valence-corrected chi connectivity index (χ4v) is 2.75. The van der Waals surface area contributed by atoms with Gasteiger partial charge in [0, 0.05) is 6.42 Å². The second-order valence-corrected chi connectivity index (χ2v) is 5.30. The standard InChI is InChI=1S/C13H13BrOS/c1-10-2-3-13(12(14)8-10)15-6-4-11-5-7-16-9-11/h2-3,5,7-9H,4,6H2,1H3. The number of thiophene rings is 1. The summed E-state index contributed by atoms with van der Waals surface area (Å²) in [4.78, 5) is 0. The van der Waals surface area contributed by atoms with Crippen molar-refractivity contribution in [2.75, 3.05) is 6.61 Å². The number of hydrogen-bond donors (Lipinski definition) is 0. The van der Waals surface area contributed by atoms with Crippen molar-refractivity contribution in [3.8, 4) is 5.75 Å². The van der Waals surface area contributed by atoms with Gasteiger partial charge in [-0.05, 0) is 62.9 Å². The van der Waals surface area contributed by atoms with Crippen molar-refractivity contribution >= 4 is 27.3 Å². The van der Waals surface area contributed by atoms with Gasteiger partial charge in [-0.1, -0.05) is 6.07 Å². The molecular weight excluding hydrogens is 284 g/mol. The Labute approximate surface area is 108 Å². The minimum atomic E-state index is 0.721. The summed E-state index contributed by atoms with van der Waals surface area (Å²) >= 11 is 5.23. The summed E-state index contributed by atoms with van der Waals surface area (Å²) in [7, 11) is 0. The first-order chi connectivity index (χ1) is 7.75. The van der Waals surface area contributed by atoms with Gasteiger partial charge in [0.25, 0.3) is 0 Å². The highest BCUT2D eigenvalue weighted by molar-refractivity contribution is 9.10. The molecular formula is C13H13BrOS. The molecule has 0 saturated carbocycles. The van der Waals surface area contributed by atoms with E-state index in [9.17, 15) is 0 Å². The van der Waals surface area contributed by atoms with Crippen LogP contribution in [-0.4, -0.2) is 6.61 Å². The van der Waals surface area contributed by atoms with E-state index in [-0.39, 0.29) is 0 Å². The molecule has 0 spiro atoms. The molecule has 0 saturated heterocycles. The molecule has 16 heavy (non-hydrogen) atoms. The Morgan fingerprint density at radius 2 is 2.19 bits per heavy atom. The molecule has 0 atom stereocenters. The second-order valence-electron chi connectivity index (χ2n) is 3.66. The molecule has 0 unspecified atom stereocenters. The average molecular weight is 297 g/mol. The number of benzene rings is 1. The van der Waals surface area contributed by atoms with Gasteiger partial charge in [0.2, 0.25) is 0 Å². The summed E-state index contributed by atoms with van der Waals surface area (Å²) in [6.45, 7) is 2.79. The summed E-state index contributed by atoms with van der Waals surface area (Å²) in [5, 5.41) is 4.25. The minimum Gasteiger partial charge on any atom is -0.492 e. The van der Waals surface area contributed by atoms with Gasteiger partial charge < -0.3 is 4.74 Å². The largest absolute Gasteiger partial charge is 0.492 e. The Kier molecular flexibility index (Phi) is 4.02. The van der Waals surface area contributed by atoms with E-state index in [1.54, 1.807) is 11.3 Å². The first-order valence-electron chi connectivity index (χ1n) is 5.16. The summed E-state index contributed by atoms with van der Waals surface area (Å²) in [5.41, 5.74) is 2.57. The van der Waals surface area contributed by atoms with E-state index >= 15 is 0 Å². The molecule has 0 aliphatic rings. The Bertz CT molecular complexity index is 451. The molecule has 2 aromatic rings. The van der Waals surface area contributed by atoms with E-state index in [0.717, 1.165) is 23.2 Å². The Morgan fingerprint density at radius 3 is 2.88 bits per heavy atom. The molecule has 0 fully saturated rings. The van der Waals surface area contributed by atoms with Crippen LogP contribution in [0.25, 0.3) is 0 Å². The monoisotopic (exact) mass is 296 g/mol. The fourth-order valence-electron chi connectivity index (χ4n) is 1.44. The SMILES string of the molecule is Cc1ccc(OCCc2ccsc2)c(Br)c1. The van der Waals surface area contributed by atoms with Crippen LogP contribution in [0, 0.1) is 6.92 Å². The maximum Gasteiger partial charge on any atom is 0.133 e. The number of hydrogen-bond acceptors (Lipinski definition) is 2. The number of rotatable bonds is 4. The van der Waals surface area contributed by atoms with Crippen molar-refractivity contribution in [3.63, 3.8) is 0 Å². The number of aryl methyl sites for hydroxylation is 1. The molecule has 1 heterocycles. The van der Waals surface area contributed by atoms with Crippen LogP contribution in [0.15, 0.2) is 39.5 Å². The van der Waals surface area contributed by atoms with Gasteiger partial charge in [-0.25, -0.2) is 0 Å². The maximum atomic E-state index is 5.72. The summed E-state index contributed by atoms with van der Waals surface area (Å²) in [5.74, 6) is 0.917. The summed E-state index contributed by atoms with van der Waals surface area (Å²) in [6.07, 6.45) is 0.962. The molecule has 3 heteroatoms. The third-order valence-electron chi connectivity index (χ3n) is 2.32. The highest BCUT2D eigenvalue weighted by Crippen LogP contribution is 2.25. The van der Waals surface area contributed by atoms with Gasteiger partial charge >= 0.3 is 0 Å². The van der Waals surface area contributed by atoms with E-state index < -0.39 is 0 Å². The molecule has 0 N–H and O–H groups in total. The van der Waals surface area contributed by atoms with E-state index in [1.165, 1.54) is 11.1 Å². The van der Waals surface area contributed by atoms with E-state index in [4.69, 9.17) is 4.74 Å². The summed E-state index contributed by atoms with van der Waals surface area (Å²) < 4.78 is 6.75. The normalized spacial score (nSPS) is 10.4. The average Bonchev–Trinajstić information content (AvgIpc) is 2.74. The van der Waals surface area contributed by atoms with Gasteiger partial charge in [0.1, 0.15) is 5.75 Å². The molecule has 0 radical (unpaired) electrons. The molecule has 0 amide bonds. The third-order valence-corrected chi connectivity index (χ3v) is 3.67. The molecule has 0 bridgehead atoms. The van der Waals surface area contributed by atoms with Crippen molar-refractivity contribution in [2.45, 2.75) is 13.3 Å². The van der Waals surface area contributed by atoms with E-state index in [0.29, 0.717) is 0 Å². The van der Waals surface area contributed by atoms with E-state index in [2.05, 4.69) is 51.8 Å². The minimum absolute atomic E-state index is 0.721.